The Morgan fingerprint density at radius 3 is 2.41 bits per heavy atom. The van der Waals surface area contributed by atoms with Crippen LogP contribution >= 0.6 is 0 Å². The van der Waals surface area contributed by atoms with Gasteiger partial charge in [0.05, 0.1) is 26.9 Å². The summed E-state index contributed by atoms with van der Waals surface area (Å²) in [6, 6.07) is 14.8. The van der Waals surface area contributed by atoms with Crippen molar-refractivity contribution in [3.8, 4) is 23.1 Å². The smallest absolute Gasteiger partial charge is 0.289 e. The van der Waals surface area contributed by atoms with E-state index < -0.39 is 22.9 Å². The molecular formula is C27H31N3O7. The molecule has 0 saturated carbocycles. The lowest BCUT2D eigenvalue weighted by atomic mass is 10.2. The van der Waals surface area contributed by atoms with Crippen molar-refractivity contribution >= 4 is 5.91 Å². The lowest BCUT2D eigenvalue weighted by Crippen LogP contribution is -2.36. The van der Waals surface area contributed by atoms with E-state index >= 15 is 0 Å². The van der Waals surface area contributed by atoms with E-state index in [1.165, 1.54) is 23.7 Å². The fourth-order valence-electron chi connectivity index (χ4n) is 4.31. The molecule has 3 aromatic rings. The van der Waals surface area contributed by atoms with Gasteiger partial charge in [-0.1, -0.05) is 36.4 Å². The predicted octanol–water partition coefficient (Wildman–Crippen LogP) is 2.92. The van der Waals surface area contributed by atoms with Crippen molar-refractivity contribution in [2.24, 2.45) is 0 Å². The summed E-state index contributed by atoms with van der Waals surface area (Å²) in [7, 11) is 2.94. The van der Waals surface area contributed by atoms with Crippen LogP contribution in [0.25, 0.3) is 5.69 Å². The molecule has 0 spiro atoms. The quantitative estimate of drug-likeness (QED) is 0.444. The van der Waals surface area contributed by atoms with Crippen LogP contribution in [0.1, 0.15) is 35.1 Å². The van der Waals surface area contributed by atoms with Crippen LogP contribution in [-0.2, 0) is 22.7 Å². The number of methoxy groups -OCH3 is 2. The van der Waals surface area contributed by atoms with Gasteiger partial charge >= 0.3 is 0 Å². The summed E-state index contributed by atoms with van der Waals surface area (Å²) >= 11 is 0. The van der Waals surface area contributed by atoms with Gasteiger partial charge in [-0.3, -0.25) is 14.2 Å². The van der Waals surface area contributed by atoms with Gasteiger partial charge in [0, 0.05) is 19.7 Å². The molecule has 0 aliphatic carbocycles. The highest BCUT2D eigenvalue weighted by atomic mass is 16.5. The van der Waals surface area contributed by atoms with Crippen molar-refractivity contribution in [1.82, 2.24) is 14.5 Å². The van der Waals surface area contributed by atoms with E-state index in [2.05, 4.69) is 4.98 Å². The molecule has 1 saturated heterocycles. The normalized spacial score (nSPS) is 15.1. The van der Waals surface area contributed by atoms with Crippen molar-refractivity contribution in [2.75, 3.05) is 33.9 Å². The second-order valence-electron chi connectivity index (χ2n) is 8.47. The molecule has 0 radical (unpaired) electrons. The molecule has 37 heavy (non-hydrogen) atoms. The Hall–Kier alpha value is -3.89. The summed E-state index contributed by atoms with van der Waals surface area (Å²) < 4.78 is 23.7. The van der Waals surface area contributed by atoms with Crippen LogP contribution in [0.3, 0.4) is 0 Å². The fraction of sp³-hybridized carbons (Fsp3) is 0.370. The predicted molar refractivity (Wildman–Crippen MR) is 135 cm³/mol. The van der Waals surface area contributed by atoms with E-state index in [0.29, 0.717) is 49.9 Å². The fourth-order valence-corrected chi connectivity index (χ4v) is 4.31. The largest absolute Gasteiger partial charge is 0.494 e. The Balaban J connectivity index is 1.67. The van der Waals surface area contributed by atoms with Gasteiger partial charge in [0.25, 0.3) is 11.5 Å². The third-order valence-corrected chi connectivity index (χ3v) is 6.17. The number of hydrogen-bond acceptors (Lipinski definition) is 8. The Morgan fingerprint density at radius 2 is 1.76 bits per heavy atom. The van der Waals surface area contributed by atoms with Crippen molar-refractivity contribution in [2.45, 2.75) is 32.7 Å². The standard InChI is InChI=1S/C27H31N3O7/c1-4-36-17-22-28-25(31)23(27(33)30(22)24-20(34-2)11-8-12-21(24)35-3)26(32)29-14-13-19(15-29)37-16-18-9-6-5-7-10-18/h5-12,19,33H,4,13-17H2,1-3H3/t19-/m0/s1. The minimum atomic E-state index is -0.837. The van der Waals surface area contributed by atoms with Crippen LogP contribution < -0.4 is 15.0 Å². The zero-order valence-electron chi connectivity index (χ0n) is 21.2. The van der Waals surface area contributed by atoms with Crippen molar-refractivity contribution in [3.05, 3.63) is 75.8 Å². The van der Waals surface area contributed by atoms with Crippen molar-refractivity contribution in [1.29, 1.82) is 0 Å². The Bertz CT molecular complexity index is 1270. The second-order valence-corrected chi connectivity index (χ2v) is 8.47. The molecular weight excluding hydrogens is 478 g/mol. The molecule has 10 heteroatoms. The van der Waals surface area contributed by atoms with E-state index in [1.807, 2.05) is 30.3 Å². The van der Waals surface area contributed by atoms with Crippen LogP contribution in [0, 0.1) is 0 Å². The topological polar surface area (TPSA) is 112 Å². The molecule has 1 N–H and O–H groups in total. The highest BCUT2D eigenvalue weighted by Gasteiger charge is 2.33. The Kier molecular flexibility index (Phi) is 8.42. The van der Waals surface area contributed by atoms with Crippen LogP contribution in [0.5, 0.6) is 17.4 Å². The van der Waals surface area contributed by atoms with Crippen LogP contribution in [0.4, 0.5) is 0 Å². The van der Waals surface area contributed by atoms with Gasteiger partial charge in [0.2, 0.25) is 5.88 Å². The molecule has 4 rings (SSSR count). The van der Waals surface area contributed by atoms with Gasteiger partial charge < -0.3 is 29.0 Å². The molecule has 2 heterocycles. The number of hydrogen-bond donors (Lipinski definition) is 1. The number of benzene rings is 2. The molecule has 1 aliphatic heterocycles. The van der Waals surface area contributed by atoms with Gasteiger partial charge in [0.1, 0.15) is 29.6 Å². The highest BCUT2D eigenvalue weighted by molar-refractivity contribution is 5.96. The number of aromatic hydroxyl groups is 1. The first-order valence-electron chi connectivity index (χ1n) is 12.1. The molecule has 1 atom stereocenters. The van der Waals surface area contributed by atoms with Gasteiger partial charge in [-0.2, -0.15) is 4.98 Å². The van der Waals surface area contributed by atoms with Crippen molar-refractivity contribution in [3.63, 3.8) is 0 Å². The molecule has 1 aromatic heterocycles. The van der Waals surface area contributed by atoms with Crippen LogP contribution in [0.15, 0.2) is 53.3 Å². The minimum absolute atomic E-state index is 0.0753. The number of amides is 1. The average molecular weight is 510 g/mol. The lowest BCUT2D eigenvalue weighted by Gasteiger charge is -2.22. The molecule has 1 fully saturated rings. The van der Waals surface area contributed by atoms with E-state index in [9.17, 15) is 14.7 Å². The van der Waals surface area contributed by atoms with E-state index in [0.717, 1.165) is 5.56 Å². The number of nitrogens with zero attached hydrogens (tertiary/aromatic N) is 3. The zero-order chi connectivity index (χ0) is 26.4. The average Bonchev–Trinajstić information content (AvgIpc) is 3.40. The number of rotatable bonds is 10. The minimum Gasteiger partial charge on any atom is -0.494 e. The van der Waals surface area contributed by atoms with E-state index in [4.69, 9.17) is 18.9 Å². The van der Waals surface area contributed by atoms with Gasteiger partial charge in [-0.15, -0.1) is 0 Å². The summed E-state index contributed by atoms with van der Waals surface area (Å²) in [4.78, 5) is 32.1. The molecule has 10 nitrogen and oxygen atoms in total. The third kappa shape index (κ3) is 5.60. The molecule has 1 aliphatic rings. The number of carbonyl (C=O) groups excluding carboxylic acids is 1. The molecule has 1 amide bonds. The van der Waals surface area contributed by atoms with Crippen LogP contribution in [-0.4, -0.2) is 65.5 Å². The first-order valence-corrected chi connectivity index (χ1v) is 12.1. The number of likely N-dealkylation sites (tertiary alicyclic amines) is 1. The first-order chi connectivity index (χ1) is 18.0. The first kappa shape index (κ1) is 26.2. The second kappa shape index (κ2) is 11.9. The van der Waals surface area contributed by atoms with E-state index in [1.54, 1.807) is 25.1 Å². The monoisotopic (exact) mass is 509 g/mol. The SMILES string of the molecule is CCOCc1nc(=O)c(C(=O)N2CC[C@H](OCc3ccccc3)C2)c(O)n1-c1c(OC)cccc1OC. The Morgan fingerprint density at radius 1 is 1.05 bits per heavy atom. The van der Waals surface area contributed by atoms with Gasteiger partial charge in [-0.25, -0.2) is 0 Å². The Labute approximate surface area is 215 Å². The maximum absolute atomic E-state index is 13.5. The summed E-state index contributed by atoms with van der Waals surface area (Å²) in [5.41, 5.74) is 0.0623. The van der Waals surface area contributed by atoms with Gasteiger partial charge in [-0.05, 0) is 31.0 Å². The van der Waals surface area contributed by atoms with Crippen LogP contribution in [0.2, 0.25) is 0 Å². The lowest BCUT2D eigenvalue weighted by molar-refractivity contribution is 0.0436. The molecule has 2 aromatic carbocycles. The third-order valence-electron chi connectivity index (χ3n) is 6.17. The summed E-state index contributed by atoms with van der Waals surface area (Å²) in [6.45, 7) is 3.19. The zero-order valence-corrected chi connectivity index (χ0v) is 21.2. The number of para-hydroxylation sites is 1. The highest BCUT2D eigenvalue weighted by Crippen LogP contribution is 2.36. The number of carbonyl (C=O) groups is 1. The van der Waals surface area contributed by atoms with E-state index in [-0.39, 0.29) is 18.5 Å². The van der Waals surface area contributed by atoms with Gasteiger partial charge in [0.15, 0.2) is 5.56 Å². The number of ether oxygens (including phenoxy) is 4. The summed E-state index contributed by atoms with van der Waals surface area (Å²) in [5, 5.41) is 11.4. The molecule has 0 bridgehead atoms. The maximum atomic E-state index is 13.5. The summed E-state index contributed by atoms with van der Waals surface area (Å²) in [5.74, 6) is -0.365. The number of aromatic nitrogens is 2. The summed E-state index contributed by atoms with van der Waals surface area (Å²) in [6.07, 6.45) is 0.428. The van der Waals surface area contributed by atoms with Crippen molar-refractivity contribution < 1.29 is 28.8 Å². The molecule has 0 unspecified atom stereocenters. The molecule has 196 valence electrons. The maximum Gasteiger partial charge on any atom is 0.289 e.